The zero-order valence-electron chi connectivity index (χ0n) is 26.1. The summed E-state index contributed by atoms with van der Waals surface area (Å²) in [7, 11) is 0. The summed E-state index contributed by atoms with van der Waals surface area (Å²) in [5.74, 6) is -3.46. The number of hydrogen-bond acceptors (Lipinski definition) is 4. The number of aliphatic hydroxyl groups excluding tert-OH is 1. The number of aliphatic hydroxyl groups is 1. The number of rotatable bonds is 11. The molecule has 0 bridgehead atoms. The Bertz CT molecular complexity index is 803. The number of carboxylic acids is 1. The number of carboxylic acid groups (broad SMARTS) is 1. The Morgan fingerprint density at radius 1 is 1.28 bits per heavy atom. The van der Waals surface area contributed by atoms with Crippen LogP contribution >= 0.6 is 0 Å². The van der Waals surface area contributed by atoms with Crippen molar-refractivity contribution in [3.63, 3.8) is 0 Å². The van der Waals surface area contributed by atoms with Crippen LogP contribution in [-0.4, -0.2) is 34.8 Å². The van der Waals surface area contributed by atoms with E-state index in [1.54, 1.807) is 0 Å². The van der Waals surface area contributed by atoms with Crippen LogP contribution in [0.25, 0.3) is 0 Å². The minimum Gasteiger partial charge on any atom is -0.481 e. The van der Waals surface area contributed by atoms with Gasteiger partial charge in [-0.1, -0.05) is 38.7 Å². The quantitative estimate of drug-likeness (QED) is 0.565. The molecule has 18 heavy (non-hydrogen) atoms. The maximum absolute atomic E-state index is 11.9. The second-order valence-electron chi connectivity index (χ2n) is 2.72. The van der Waals surface area contributed by atoms with Gasteiger partial charge in [-0.25, -0.2) is 4.79 Å². The second-order valence-corrected chi connectivity index (χ2v) is 2.72. The number of carbonyl (C=O) groups excluding carboxylic acids is 1. The Kier molecular flexibility index (Phi) is 2.42. The maximum Gasteiger partial charge on any atom is 0.334 e. The minimum atomic E-state index is -4.53. The van der Waals surface area contributed by atoms with Crippen molar-refractivity contribution in [3.05, 3.63) is 0 Å². The van der Waals surface area contributed by atoms with Gasteiger partial charge in [0, 0.05) is 27.0 Å². The molecule has 0 aromatic rings. The third-order valence-corrected chi connectivity index (χ3v) is 1.42. The van der Waals surface area contributed by atoms with Crippen molar-refractivity contribution < 1.29 is 47.8 Å². The van der Waals surface area contributed by atoms with Crippen LogP contribution in [0.15, 0.2) is 0 Å². The Balaban J connectivity index is 6.44. The molecule has 0 aliphatic heterocycles. The first kappa shape index (κ1) is 3.95. The highest BCUT2D eigenvalue weighted by Crippen LogP contribution is 2.06. The first-order chi connectivity index (χ1) is 15.0. The maximum atomic E-state index is 11.9. The molecule has 0 aromatic carbocycles. The topological polar surface area (TPSA) is 83.8 Å². The second kappa shape index (κ2) is 11.0. The van der Waals surface area contributed by atoms with E-state index < -0.39 is 82.5 Å². The molecule has 0 aromatic heterocycles. The van der Waals surface area contributed by atoms with E-state index in [-0.39, 0.29) is 0 Å². The smallest absolute Gasteiger partial charge is 0.334 e. The van der Waals surface area contributed by atoms with Crippen LogP contribution in [0.4, 0.5) is 0 Å². The van der Waals surface area contributed by atoms with E-state index in [1.165, 1.54) is 0 Å². The van der Waals surface area contributed by atoms with Crippen molar-refractivity contribution in [1.82, 2.24) is 0 Å². The Morgan fingerprint density at radius 2 is 1.94 bits per heavy atom. The molecule has 0 saturated carbocycles. The largest absolute Gasteiger partial charge is 0.481 e. The number of ether oxygens (including phenoxy) is 1. The predicted octanol–water partition coefficient (Wildman–Crippen LogP) is 2.12. The lowest BCUT2D eigenvalue weighted by atomic mass is 10.1. The molecule has 5 nitrogen and oxygen atoms in total. The number of carbonyl (C=O) groups is 2. The summed E-state index contributed by atoms with van der Waals surface area (Å²) in [6.07, 6.45) is -30.4. The Hall–Kier alpha value is -1.10. The molecular formula is C13H24O5. The average Bonchev–Trinajstić information content (AvgIpc) is 2.63. The van der Waals surface area contributed by atoms with Gasteiger partial charge in [0.1, 0.15) is 0 Å². The summed E-state index contributed by atoms with van der Waals surface area (Å²) in [5.41, 5.74) is 0. The third kappa shape index (κ3) is 10.1. The van der Waals surface area contributed by atoms with E-state index >= 15 is 0 Å². The van der Waals surface area contributed by atoms with E-state index in [4.69, 9.17) is 28.4 Å². The van der Waals surface area contributed by atoms with Crippen LogP contribution in [0.5, 0.6) is 0 Å². The van der Waals surface area contributed by atoms with Gasteiger partial charge in [0.25, 0.3) is 0 Å². The molecule has 0 aliphatic rings. The monoisotopic (exact) mass is 277 g/mol. The van der Waals surface area contributed by atoms with E-state index in [9.17, 15) is 14.7 Å². The SMILES string of the molecule is [2H]C([2H])([2H])C([2H])([2H])C([2H])([2H])C([2H])([2H])C([2H])([2H])C([2H])([2H])C([2H])([2H])C([2H])([2H])OC(=O)[C@@H](O)CCC(=O)O. The molecule has 0 unspecified atom stereocenters. The lowest BCUT2D eigenvalue weighted by Gasteiger charge is -2.09. The molecule has 0 rings (SSSR count). The van der Waals surface area contributed by atoms with Gasteiger partial charge in [0.2, 0.25) is 0 Å². The highest BCUT2D eigenvalue weighted by molar-refractivity contribution is 5.75. The molecule has 5 heteroatoms. The zero-order valence-corrected chi connectivity index (χ0v) is 9.11. The Labute approximate surface area is 132 Å². The standard InChI is InChI=1S/C13H24O5/c1-2-3-4-5-6-7-10-18-13(17)11(14)8-9-12(15)16/h11,14H,2-10H2,1H3,(H,15,16)/t11-/m0/s1/i1D3,2D2,3D2,4D2,5D2,6D2,7D2,10D2. The summed E-state index contributed by atoms with van der Waals surface area (Å²) in [6, 6.07) is 0. The van der Waals surface area contributed by atoms with E-state index in [2.05, 4.69) is 4.74 Å². The fourth-order valence-corrected chi connectivity index (χ4v) is 0.672. The molecule has 0 spiro atoms. The average molecular weight is 277 g/mol. The molecule has 0 amide bonds. The highest BCUT2D eigenvalue weighted by Gasteiger charge is 2.17. The first-order valence-corrected chi connectivity index (χ1v) is 4.60. The lowest BCUT2D eigenvalue weighted by Crippen LogP contribution is -2.24. The summed E-state index contributed by atoms with van der Waals surface area (Å²) in [6.45, 7) is -8.10. The van der Waals surface area contributed by atoms with Crippen molar-refractivity contribution >= 4 is 11.9 Å². The third-order valence-electron chi connectivity index (χ3n) is 1.42. The predicted molar refractivity (Wildman–Crippen MR) is 67.2 cm³/mol. The van der Waals surface area contributed by atoms with Crippen LogP contribution in [0, 0.1) is 0 Å². The van der Waals surface area contributed by atoms with Gasteiger partial charge in [-0.3, -0.25) is 4.79 Å². The molecule has 2 N–H and O–H groups in total. The van der Waals surface area contributed by atoms with Gasteiger partial charge in [-0.15, -0.1) is 0 Å². The van der Waals surface area contributed by atoms with Crippen LogP contribution in [0.2, 0.25) is 0 Å². The van der Waals surface area contributed by atoms with Crippen LogP contribution in [0.1, 0.15) is 81.2 Å². The van der Waals surface area contributed by atoms with E-state index in [0.29, 0.717) is 0 Å². The summed E-state index contributed by atoms with van der Waals surface area (Å²) >= 11 is 0. The van der Waals surface area contributed by atoms with Gasteiger partial charge in [-0.05, 0) is 12.8 Å². The van der Waals surface area contributed by atoms with Crippen molar-refractivity contribution in [1.29, 1.82) is 0 Å². The number of aliphatic carboxylic acids is 1. The summed E-state index contributed by atoms with van der Waals surface area (Å²) < 4.78 is 134. The van der Waals surface area contributed by atoms with Crippen molar-refractivity contribution in [2.24, 2.45) is 0 Å². The molecule has 0 fully saturated rings. The van der Waals surface area contributed by atoms with E-state index in [0.717, 1.165) is 0 Å². The van der Waals surface area contributed by atoms with Gasteiger partial charge in [0.05, 0.1) is 9.30 Å². The fourth-order valence-electron chi connectivity index (χ4n) is 0.672. The van der Waals surface area contributed by atoms with Crippen LogP contribution in [-0.2, 0) is 14.3 Å². The lowest BCUT2D eigenvalue weighted by molar-refractivity contribution is -0.154. The van der Waals surface area contributed by atoms with Crippen LogP contribution in [0.3, 0.4) is 0 Å². The molecular weight excluding hydrogens is 236 g/mol. The van der Waals surface area contributed by atoms with Crippen LogP contribution < -0.4 is 0 Å². The minimum absolute atomic E-state index is 0.809. The number of hydrogen-bond donors (Lipinski definition) is 2. The van der Waals surface area contributed by atoms with Gasteiger partial charge in [0.15, 0.2) is 6.10 Å². The highest BCUT2D eigenvalue weighted by atomic mass is 16.5. The Morgan fingerprint density at radius 3 is 2.61 bits per heavy atom. The van der Waals surface area contributed by atoms with Gasteiger partial charge < -0.3 is 14.9 Å². The van der Waals surface area contributed by atoms with Crippen molar-refractivity contribution in [2.75, 3.05) is 6.56 Å². The van der Waals surface area contributed by atoms with E-state index in [1.807, 2.05) is 0 Å². The molecule has 0 radical (unpaired) electrons. The zero-order chi connectivity index (χ0) is 28.9. The van der Waals surface area contributed by atoms with Crippen molar-refractivity contribution in [2.45, 2.75) is 64.0 Å². The first-order valence-electron chi connectivity index (χ1n) is 13.1. The normalized spacial score (nSPS) is 32.4. The summed E-state index contributed by atoms with van der Waals surface area (Å²) in [5, 5.41) is 18.1. The molecule has 0 aliphatic carbocycles. The van der Waals surface area contributed by atoms with Crippen molar-refractivity contribution in [3.8, 4) is 0 Å². The summed E-state index contributed by atoms with van der Waals surface area (Å²) in [4.78, 5) is 22.4. The molecule has 0 heterocycles. The fraction of sp³-hybridized carbons (Fsp3) is 0.846. The van der Waals surface area contributed by atoms with Gasteiger partial charge in [-0.2, -0.15) is 0 Å². The molecule has 106 valence electrons. The number of esters is 1. The van der Waals surface area contributed by atoms with Gasteiger partial charge >= 0.3 is 11.9 Å². The molecule has 1 atom stereocenters. The molecule has 0 saturated heterocycles.